The molecule has 0 aliphatic rings. The summed E-state index contributed by atoms with van der Waals surface area (Å²) in [4.78, 5) is 11.1. The first-order valence-corrected chi connectivity index (χ1v) is 4.06. The highest BCUT2D eigenvalue weighted by atomic mass is 35.5. The van der Waals surface area contributed by atoms with E-state index < -0.39 is 6.04 Å². The zero-order valence-corrected chi connectivity index (χ0v) is 9.10. The van der Waals surface area contributed by atoms with Crippen LogP contribution in [0.2, 0.25) is 0 Å². The van der Waals surface area contributed by atoms with Gasteiger partial charge in [0.25, 0.3) is 0 Å². The van der Waals surface area contributed by atoms with E-state index >= 15 is 0 Å². The van der Waals surface area contributed by atoms with Crippen LogP contribution >= 0.6 is 12.4 Å². The molecule has 0 aromatic heterocycles. The van der Waals surface area contributed by atoms with Crippen LogP contribution in [0.15, 0.2) is 0 Å². The number of halogens is 1. The number of rotatable bonds is 5. The first-order chi connectivity index (χ1) is 5.61. The maximum atomic E-state index is 11.1. The van der Waals surface area contributed by atoms with Crippen molar-refractivity contribution in [1.82, 2.24) is 0 Å². The first kappa shape index (κ1) is 15.2. The van der Waals surface area contributed by atoms with Gasteiger partial charge in [0.05, 0.1) is 6.61 Å². The van der Waals surface area contributed by atoms with E-state index in [9.17, 15) is 4.79 Å². The summed E-state index contributed by atoms with van der Waals surface area (Å²) in [5.74, 6) is -0.359. The second-order valence-corrected chi connectivity index (χ2v) is 2.72. The number of nitrogens with two attached hydrogens (primary N) is 1. The van der Waals surface area contributed by atoms with Gasteiger partial charge in [-0.2, -0.15) is 0 Å². The maximum absolute atomic E-state index is 11.1. The summed E-state index contributed by atoms with van der Waals surface area (Å²) >= 11 is 0. The summed E-state index contributed by atoms with van der Waals surface area (Å²) in [6.07, 6.45) is 0.374. The van der Waals surface area contributed by atoms with Crippen LogP contribution in [0.5, 0.6) is 0 Å². The minimum Gasteiger partial charge on any atom is -0.459 e. The Kier molecular flexibility index (Phi) is 9.67. The molecule has 0 bridgehead atoms. The maximum Gasteiger partial charge on any atom is 0.323 e. The molecular weight excluding hydrogens is 194 g/mol. The predicted molar refractivity (Wildman–Crippen MR) is 52.9 cm³/mol. The second-order valence-electron chi connectivity index (χ2n) is 2.72. The third-order valence-electron chi connectivity index (χ3n) is 1.46. The fourth-order valence-corrected chi connectivity index (χ4v) is 0.721. The third-order valence-corrected chi connectivity index (χ3v) is 1.46. The van der Waals surface area contributed by atoms with Gasteiger partial charge in [0.2, 0.25) is 0 Å². The molecule has 0 spiro atoms. The molecule has 0 aromatic carbocycles. The molecular formula is C8H18ClNO3. The molecule has 0 radical (unpaired) electrons. The van der Waals surface area contributed by atoms with Crippen LogP contribution in [-0.4, -0.2) is 31.8 Å². The van der Waals surface area contributed by atoms with Crippen LogP contribution in [0.3, 0.4) is 0 Å². The van der Waals surface area contributed by atoms with Crippen LogP contribution in [0.1, 0.15) is 20.3 Å². The zero-order valence-electron chi connectivity index (χ0n) is 8.28. The SMILES string of the molecule is CC[C@H](N)C(=O)OC(C)COC.Cl. The van der Waals surface area contributed by atoms with E-state index in [4.69, 9.17) is 15.2 Å². The quantitative estimate of drug-likeness (QED) is 0.681. The van der Waals surface area contributed by atoms with E-state index in [1.165, 1.54) is 0 Å². The van der Waals surface area contributed by atoms with Gasteiger partial charge in [0.1, 0.15) is 12.1 Å². The van der Waals surface area contributed by atoms with E-state index in [1.807, 2.05) is 6.92 Å². The summed E-state index contributed by atoms with van der Waals surface area (Å²) in [6.45, 7) is 4.01. The van der Waals surface area contributed by atoms with Gasteiger partial charge >= 0.3 is 5.97 Å². The Morgan fingerprint density at radius 1 is 1.54 bits per heavy atom. The molecule has 0 aliphatic heterocycles. The van der Waals surface area contributed by atoms with Gasteiger partial charge in [-0.15, -0.1) is 12.4 Å². The Bertz CT molecular complexity index is 143. The summed E-state index contributed by atoms with van der Waals surface area (Å²) in [5, 5.41) is 0. The lowest BCUT2D eigenvalue weighted by molar-refractivity contribution is -0.152. The molecule has 0 aliphatic carbocycles. The molecule has 5 heteroatoms. The highest BCUT2D eigenvalue weighted by Crippen LogP contribution is 1.96. The third kappa shape index (κ3) is 6.81. The number of hydrogen-bond donors (Lipinski definition) is 1. The molecule has 0 aromatic rings. The highest BCUT2D eigenvalue weighted by molar-refractivity contribution is 5.85. The Morgan fingerprint density at radius 3 is 2.46 bits per heavy atom. The summed E-state index contributed by atoms with van der Waals surface area (Å²) in [7, 11) is 1.56. The second kappa shape index (κ2) is 8.29. The lowest BCUT2D eigenvalue weighted by Crippen LogP contribution is -2.34. The number of ether oxygens (including phenoxy) is 2. The Morgan fingerprint density at radius 2 is 2.08 bits per heavy atom. The molecule has 2 N–H and O–H groups in total. The van der Waals surface area contributed by atoms with Crippen molar-refractivity contribution < 1.29 is 14.3 Å². The van der Waals surface area contributed by atoms with Crippen molar-refractivity contribution >= 4 is 18.4 Å². The fraction of sp³-hybridized carbons (Fsp3) is 0.875. The zero-order chi connectivity index (χ0) is 9.56. The van der Waals surface area contributed by atoms with Crippen LogP contribution in [-0.2, 0) is 14.3 Å². The molecule has 1 unspecified atom stereocenters. The van der Waals surface area contributed by atoms with E-state index in [-0.39, 0.29) is 24.5 Å². The number of carbonyl (C=O) groups is 1. The molecule has 0 fully saturated rings. The van der Waals surface area contributed by atoms with E-state index in [0.29, 0.717) is 13.0 Å². The summed E-state index contributed by atoms with van der Waals surface area (Å²) in [5.41, 5.74) is 5.45. The average molecular weight is 212 g/mol. The Labute approximate surface area is 85.2 Å². The monoisotopic (exact) mass is 211 g/mol. The van der Waals surface area contributed by atoms with Crippen molar-refractivity contribution in [3.05, 3.63) is 0 Å². The van der Waals surface area contributed by atoms with Crippen molar-refractivity contribution in [1.29, 1.82) is 0 Å². The van der Waals surface area contributed by atoms with Gasteiger partial charge in [0, 0.05) is 7.11 Å². The topological polar surface area (TPSA) is 61.6 Å². The molecule has 0 amide bonds. The van der Waals surface area contributed by atoms with Crippen LogP contribution in [0.4, 0.5) is 0 Å². The van der Waals surface area contributed by atoms with Gasteiger partial charge in [0.15, 0.2) is 0 Å². The van der Waals surface area contributed by atoms with Crippen molar-refractivity contribution in [3.8, 4) is 0 Å². The highest BCUT2D eigenvalue weighted by Gasteiger charge is 2.15. The molecule has 0 saturated heterocycles. The standard InChI is InChI=1S/C8H17NO3.ClH/c1-4-7(9)8(10)12-6(2)5-11-3;/h6-7H,4-5,9H2,1-3H3;1H/t6?,7-;/m0./s1. The van der Waals surface area contributed by atoms with Crippen molar-refractivity contribution in [2.75, 3.05) is 13.7 Å². The van der Waals surface area contributed by atoms with Gasteiger partial charge < -0.3 is 15.2 Å². The van der Waals surface area contributed by atoms with Gasteiger partial charge in [-0.25, -0.2) is 0 Å². The Hall–Kier alpha value is -0.320. The molecule has 80 valence electrons. The summed E-state index contributed by atoms with van der Waals surface area (Å²) in [6, 6.07) is -0.510. The molecule has 0 heterocycles. The van der Waals surface area contributed by atoms with Crippen molar-refractivity contribution in [3.63, 3.8) is 0 Å². The lowest BCUT2D eigenvalue weighted by atomic mass is 10.2. The van der Waals surface area contributed by atoms with E-state index in [1.54, 1.807) is 14.0 Å². The Balaban J connectivity index is 0. The van der Waals surface area contributed by atoms with Gasteiger partial charge in [-0.1, -0.05) is 6.92 Å². The minimum atomic E-state index is -0.510. The molecule has 4 nitrogen and oxygen atoms in total. The molecule has 13 heavy (non-hydrogen) atoms. The number of carbonyl (C=O) groups excluding carboxylic acids is 1. The molecule has 2 atom stereocenters. The largest absolute Gasteiger partial charge is 0.459 e. The van der Waals surface area contributed by atoms with Gasteiger partial charge in [-0.05, 0) is 13.3 Å². The number of hydrogen-bond acceptors (Lipinski definition) is 4. The predicted octanol–water partition coefficient (Wildman–Crippen LogP) is 0.724. The normalized spacial score (nSPS) is 14.2. The average Bonchev–Trinajstić information content (AvgIpc) is 2.03. The minimum absolute atomic E-state index is 0. The van der Waals surface area contributed by atoms with E-state index in [2.05, 4.69) is 0 Å². The first-order valence-electron chi connectivity index (χ1n) is 4.06. The van der Waals surface area contributed by atoms with Crippen molar-refractivity contribution in [2.24, 2.45) is 5.73 Å². The summed E-state index contributed by atoms with van der Waals surface area (Å²) < 4.78 is 9.75. The fourth-order valence-electron chi connectivity index (χ4n) is 0.721. The number of esters is 1. The molecule has 0 rings (SSSR count). The molecule has 0 saturated carbocycles. The van der Waals surface area contributed by atoms with E-state index in [0.717, 1.165) is 0 Å². The number of methoxy groups -OCH3 is 1. The smallest absolute Gasteiger partial charge is 0.323 e. The lowest BCUT2D eigenvalue weighted by Gasteiger charge is -2.14. The van der Waals surface area contributed by atoms with Crippen molar-refractivity contribution in [2.45, 2.75) is 32.4 Å². The van der Waals surface area contributed by atoms with Gasteiger partial charge in [-0.3, -0.25) is 4.79 Å². The van der Waals surface area contributed by atoms with Crippen LogP contribution in [0.25, 0.3) is 0 Å². The van der Waals surface area contributed by atoms with Crippen LogP contribution < -0.4 is 5.73 Å². The van der Waals surface area contributed by atoms with Crippen LogP contribution in [0, 0.1) is 0 Å².